The van der Waals surface area contributed by atoms with Crippen molar-refractivity contribution in [3.63, 3.8) is 0 Å². The largest absolute Gasteiger partial charge is 0.619 e. The second kappa shape index (κ2) is 3.34. The standard InChI is InChI=1S/C12H9N3O/c16-14-7-6-11-12(8-14)15(9-13-11)10-4-2-1-3-5-10/h1-9H. The van der Waals surface area contributed by atoms with Crippen molar-refractivity contribution in [1.29, 1.82) is 0 Å². The first-order valence-corrected chi connectivity index (χ1v) is 4.96. The zero-order valence-electron chi connectivity index (χ0n) is 8.45. The number of fused-ring (bicyclic) bond motifs is 1. The second-order valence-electron chi connectivity index (χ2n) is 3.53. The van der Waals surface area contributed by atoms with Crippen LogP contribution in [0, 0.1) is 5.21 Å². The molecular formula is C12H9N3O. The molecule has 0 aliphatic rings. The van der Waals surface area contributed by atoms with Crippen molar-refractivity contribution < 1.29 is 4.73 Å². The molecule has 3 aromatic rings. The van der Waals surface area contributed by atoms with Crippen LogP contribution >= 0.6 is 0 Å². The SMILES string of the molecule is [O-][n+]1ccc2ncn(-c3ccccc3)c2c1. The number of para-hydroxylation sites is 1. The summed E-state index contributed by atoms with van der Waals surface area (Å²) >= 11 is 0. The molecule has 78 valence electrons. The van der Waals surface area contributed by atoms with Crippen molar-refractivity contribution in [1.82, 2.24) is 9.55 Å². The van der Waals surface area contributed by atoms with Gasteiger partial charge in [-0.3, -0.25) is 4.57 Å². The van der Waals surface area contributed by atoms with E-state index in [9.17, 15) is 5.21 Å². The minimum Gasteiger partial charge on any atom is -0.619 e. The summed E-state index contributed by atoms with van der Waals surface area (Å²) < 4.78 is 2.67. The highest BCUT2D eigenvalue weighted by Gasteiger charge is 2.06. The number of benzene rings is 1. The van der Waals surface area contributed by atoms with E-state index in [0.29, 0.717) is 0 Å². The number of hydrogen-bond acceptors (Lipinski definition) is 2. The van der Waals surface area contributed by atoms with E-state index in [1.165, 1.54) is 12.4 Å². The third-order valence-corrected chi connectivity index (χ3v) is 2.50. The Balaban J connectivity index is 2.29. The lowest BCUT2D eigenvalue weighted by molar-refractivity contribution is -0.604. The summed E-state index contributed by atoms with van der Waals surface area (Å²) in [6.07, 6.45) is 4.69. The van der Waals surface area contributed by atoms with Gasteiger partial charge in [0.25, 0.3) is 0 Å². The van der Waals surface area contributed by atoms with Crippen LogP contribution in [0.5, 0.6) is 0 Å². The first-order valence-electron chi connectivity index (χ1n) is 4.96. The van der Waals surface area contributed by atoms with Gasteiger partial charge >= 0.3 is 0 Å². The van der Waals surface area contributed by atoms with E-state index < -0.39 is 0 Å². The van der Waals surface area contributed by atoms with E-state index >= 15 is 0 Å². The predicted molar refractivity (Wildman–Crippen MR) is 60.0 cm³/mol. The Bertz CT molecular complexity index is 631. The molecule has 0 bridgehead atoms. The highest BCUT2D eigenvalue weighted by atomic mass is 16.5. The van der Waals surface area contributed by atoms with E-state index in [1.54, 1.807) is 12.4 Å². The molecule has 1 aromatic carbocycles. The lowest BCUT2D eigenvalue weighted by atomic mass is 10.3. The summed E-state index contributed by atoms with van der Waals surface area (Å²) in [6.45, 7) is 0. The number of imidazole rings is 1. The summed E-state index contributed by atoms with van der Waals surface area (Å²) in [4.78, 5) is 4.25. The summed E-state index contributed by atoms with van der Waals surface area (Å²) in [5.41, 5.74) is 2.62. The fourth-order valence-corrected chi connectivity index (χ4v) is 1.73. The molecule has 0 N–H and O–H groups in total. The van der Waals surface area contributed by atoms with Crippen LogP contribution in [-0.4, -0.2) is 9.55 Å². The van der Waals surface area contributed by atoms with Crippen molar-refractivity contribution in [3.8, 4) is 5.69 Å². The topological polar surface area (TPSA) is 44.8 Å². The molecule has 0 atom stereocenters. The van der Waals surface area contributed by atoms with Crippen LogP contribution in [0.1, 0.15) is 0 Å². The maximum absolute atomic E-state index is 11.2. The molecular weight excluding hydrogens is 202 g/mol. The van der Waals surface area contributed by atoms with Gasteiger partial charge in [0.2, 0.25) is 6.20 Å². The summed E-state index contributed by atoms with van der Waals surface area (Å²) in [6, 6.07) is 11.5. The van der Waals surface area contributed by atoms with E-state index in [1.807, 2.05) is 34.9 Å². The average molecular weight is 211 g/mol. The van der Waals surface area contributed by atoms with Crippen molar-refractivity contribution >= 4 is 11.0 Å². The van der Waals surface area contributed by atoms with Gasteiger partial charge in [-0.25, -0.2) is 4.98 Å². The molecule has 2 heterocycles. The van der Waals surface area contributed by atoms with Gasteiger partial charge in [-0.1, -0.05) is 18.2 Å². The van der Waals surface area contributed by atoms with Crippen LogP contribution in [0.2, 0.25) is 0 Å². The maximum Gasteiger partial charge on any atom is 0.206 e. The molecule has 0 amide bonds. The lowest BCUT2D eigenvalue weighted by Gasteiger charge is -2.02. The van der Waals surface area contributed by atoms with Crippen molar-refractivity contribution in [2.24, 2.45) is 0 Å². The van der Waals surface area contributed by atoms with Crippen LogP contribution in [-0.2, 0) is 0 Å². The smallest absolute Gasteiger partial charge is 0.206 e. The number of hydrogen-bond donors (Lipinski definition) is 0. The second-order valence-corrected chi connectivity index (χ2v) is 3.53. The number of nitrogens with zero attached hydrogens (tertiary/aromatic N) is 3. The molecule has 16 heavy (non-hydrogen) atoms. The predicted octanol–water partition coefficient (Wildman–Crippen LogP) is 1.66. The zero-order chi connectivity index (χ0) is 11.0. The van der Waals surface area contributed by atoms with Gasteiger partial charge in [-0.05, 0) is 12.1 Å². The van der Waals surface area contributed by atoms with Crippen molar-refractivity contribution in [2.75, 3.05) is 0 Å². The van der Waals surface area contributed by atoms with Gasteiger partial charge < -0.3 is 5.21 Å². The summed E-state index contributed by atoms with van der Waals surface area (Å²) in [5, 5.41) is 11.2. The lowest BCUT2D eigenvalue weighted by Crippen LogP contribution is -2.24. The Morgan fingerprint density at radius 2 is 1.94 bits per heavy atom. The molecule has 0 spiro atoms. The third-order valence-electron chi connectivity index (χ3n) is 2.50. The highest BCUT2D eigenvalue weighted by molar-refractivity contribution is 5.75. The van der Waals surface area contributed by atoms with Crippen LogP contribution < -0.4 is 4.73 Å². The Morgan fingerprint density at radius 3 is 2.75 bits per heavy atom. The van der Waals surface area contributed by atoms with Gasteiger partial charge in [-0.15, -0.1) is 0 Å². The Morgan fingerprint density at radius 1 is 1.12 bits per heavy atom. The van der Waals surface area contributed by atoms with Crippen LogP contribution in [0.15, 0.2) is 55.1 Å². The third kappa shape index (κ3) is 1.32. The van der Waals surface area contributed by atoms with Crippen LogP contribution in [0.4, 0.5) is 0 Å². The van der Waals surface area contributed by atoms with E-state index in [4.69, 9.17) is 0 Å². The van der Waals surface area contributed by atoms with Crippen LogP contribution in [0.25, 0.3) is 16.7 Å². The highest BCUT2D eigenvalue weighted by Crippen LogP contribution is 2.15. The first-order chi connectivity index (χ1) is 7.84. The van der Waals surface area contributed by atoms with Gasteiger partial charge in [-0.2, -0.15) is 4.73 Å². The van der Waals surface area contributed by atoms with E-state index in [0.717, 1.165) is 21.5 Å². The van der Waals surface area contributed by atoms with Crippen LogP contribution in [0.3, 0.4) is 0 Å². The average Bonchev–Trinajstić information content (AvgIpc) is 2.73. The first kappa shape index (κ1) is 8.91. The van der Waals surface area contributed by atoms with E-state index in [-0.39, 0.29) is 0 Å². The molecule has 0 saturated heterocycles. The molecule has 0 radical (unpaired) electrons. The Hall–Kier alpha value is -2.36. The fourth-order valence-electron chi connectivity index (χ4n) is 1.73. The molecule has 0 aliphatic heterocycles. The van der Waals surface area contributed by atoms with E-state index in [2.05, 4.69) is 4.98 Å². The van der Waals surface area contributed by atoms with Gasteiger partial charge in [0.15, 0.2) is 6.20 Å². The van der Waals surface area contributed by atoms with Gasteiger partial charge in [0.1, 0.15) is 17.4 Å². The molecule has 0 unspecified atom stereocenters. The fraction of sp³-hybridized carbons (Fsp3) is 0. The minimum absolute atomic E-state index is 0.781. The minimum atomic E-state index is 0.781. The number of pyridine rings is 1. The normalized spacial score (nSPS) is 10.8. The van der Waals surface area contributed by atoms with Crippen molar-refractivity contribution in [3.05, 3.63) is 60.3 Å². The molecule has 4 nitrogen and oxygen atoms in total. The molecule has 3 rings (SSSR count). The maximum atomic E-state index is 11.2. The van der Waals surface area contributed by atoms with Gasteiger partial charge in [0, 0.05) is 11.8 Å². The monoisotopic (exact) mass is 211 g/mol. The zero-order valence-corrected chi connectivity index (χ0v) is 8.45. The summed E-state index contributed by atoms with van der Waals surface area (Å²) in [5.74, 6) is 0. The Kier molecular flexibility index (Phi) is 1.86. The molecule has 0 saturated carbocycles. The number of rotatable bonds is 1. The van der Waals surface area contributed by atoms with Crippen molar-refractivity contribution in [2.45, 2.75) is 0 Å². The Labute approximate surface area is 92.0 Å². The number of aromatic nitrogens is 3. The molecule has 0 aliphatic carbocycles. The molecule has 2 aromatic heterocycles. The molecule has 0 fully saturated rings. The molecule has 4 heteroatoms. The summed E-state index contributed by atoms with van der Waals surface area (Å²) in [7, 11) is 0. The van der Waals surface area contributed by atoms with Gasteiger partial charge in [0.05, 0.1) is 0 Å². The quantitative estimate of drug-likeness (QED) is 0.454.